The number of methoxy groups -OCH3 is 1. The predicted molar refractivity (Wildman–Crippen MR) is 82.2 cm³/mol. The Morgan fingerprint density at radius 2 is 1.95 bits per heavy atom. The molecule has 0 saturated carbocycles. The molecule has 2 N–H and O–H groups in total. The van der Waals surface area contributed by atoms with Crippen molar-refractivity contribution in [1.82, 2.24) is 19.9 Å². The molecule has 3 rings (SSSR count). The number of H-pyrrole nitrogens is 2. The summed E-state index contributed by atoms with van der Waals surface area (Å²) >= 11 is 3.22. The lowest BCUT2D eigenvalue weighted by molar-refractivity contribution is 0.180. The number of nitrogens with zero attached hydrogens (tertiary/aromatic N) is 2. The fourth-order valence-corrected chi connectivity index (χ4v) is 2.42. The van der Waals surface area contributed by atoms with Crippen molar-refractivity contribution in [1.29, 1.82) is 0 Å². The lowest BCUT2D eigenvalue weighted by Gasteiger charge is -2.04. The summed E-state index contributed by atoms with van der Waals surface area (Å²) in [6, 6.07) is 7.77. The van der Waals surface area contributed by atoms with Gasteiger partial charge in [0.05, 0.1) is 29.8 Å². The van der Waals surface area contributed by atoms with E-state index < -0.39 is 0 Å². The molecule has 0 amide bonds. The third kappa shape index (κ3) is 2.88. The van der Waals surface area contributed by atoms with Crippen molar-refractivity contribution < 1.29 is 4.74 Å². The molecule has 0 atom stereocenters. The van der Waals surface area contributed by atoms with Gasteiger partial charge >= 0.3 is 0 Å². The van der Waals surface area contributed by atoms with E-state index in [1.54, 1.807) is 7.11 Å². The van der Waals surface area contributed by atoms with E-state index in [-0.39, 0.29) is 12.2 Å². The molecule has 3 aromatic rings. The number of hydrogen-bond acceptors (Lipinski definition) is 4. The summed E-state index contributed by atoms with van der Waals surface area (Å²) in [5.41, 5.74) is 2.21. The van der Waals surface area contributed by atoms with Crippen molar-refractivity contribution in [3.8, 4) is 0 Å². The highest BCUT2D eigenvalue weighted by molar-refractivity contribution is 9.10. The molecule has 1 aromatic carbocycles. The van der Waals surface area contributed by atoms with Gasteiger partial charge in [0.1, 0.15) is 16.1 Å². The lowest BCUT2D eigenvalue weighted by atomic mass is 10.3. The summed E-state index contributed by atoms with van der Waals surface area (Å²) in [5.74, 6) is 1.30. The third-order valence-electron chi connectivity index (χ3n) is 3.03. The second-order valence-corrected chi connectivity index (χ2v) is 5.38. The Bertz CT molecular complexity index is 807. The first-order valence-electron chi connectivity index (χ1n) is 6.37. The molecule has 0 spiro atoms. The van der Waals surface area contributed by atoms with Crippen LogP contribution in [-0.4, -0.2) is 27.0 Å². The average molecular weight is 349 g/mol. The quantitative estimate of drug-likeness (QED) is 0.756. The number of nitrogens with one attached hydrogen (secondary N) is 2. The van der Waals surface area contributed by atoms with Gasteiger partial charge in [-0.2, -0.15) is 0 Å². The van der Waals surface area contributed by atoms with Crippen LogP contribution in [0.2, 0.25) is 0 Å². The maximum Gasteiger partial charge on any atom is 0.265 e. The van der Waals surface area contributed by atoms with Gasteiger partial charge in [0, 0.05) is 7.11 Å². The van der Waals surface area contributed by atoms with Crippen LogP contribution in [-0.2, 0) is 17.8 Å². The zero-order valence-corrected chi connectivity index (χ0v) is 12.9. The van der Waals surface area contributed by atoms with Gasteiger partial charge in [0.25, 0.3) is 5.56 Å². The number of fused-ring (bicyclic) bond motifs is 1. The zero-order chi connectivity index (χ0) is 14.8. The molecule has 21 heavy (non-hydrogen) atoms. The smallest absolute Gasteiger partial charge is 0.265 e. The van der Waals surface area contributed by atoms with E-state index in [2.05, 4.69) is 35.9 Å². The van der Waals surface area contributed by atoms with Gasteiger partial charge in [-0.25, -0.2) is 9.97 Å². The summed E-state index contributed by atoms with van der Waals surface area (Å²) in [5, 5.41) is 0. The van der Waals surface area contributed by atoms with Crippen LogP contribution in [0.25, 0.3) is 11.0 Å². The van der Waals surface area contributed by atoms with E-state index in [1.165, 1.54) is 0 Å². The minimum Gasteiger partial charge on any atom is -0.378 e. The molecule has 6 nitrogen and oxygen atoms in total. The van der Waals surface area contributed by atoms with Crippen molar-refractivity contribution in [3.05, 3.63) is 56.4 Å². The number of hydrogen-bond donors (Lipinski definition) is 2. The number of halogens is 1. The summed E-state index contributed by atoms with van der Waals surface area (Å²) in [6.45, 7) is 0.275. The first-order valence-corrected chi connectivity index (χ1v) is 7.17. The fourth-order valence-electron chi connectivity index (χ4n) is 2.12. The Kier molecular flexibility index (Phi) is 3.85. The molecular weight excluding hydrogens is 336 g/mol. The molecule has 0 aliphatic carbocycles. The average Bonchev–Trinajstić information content (AvgIpc) is 2.86. The van der Waals surface area contributed by atoms with E-state index in [0.29, 0.717) is 22.4 Å². The van der Waals surface area contributed by atoms with Crippen LogP contribution in [0.4, 0.5) is 0 Å². The van der Waals surface area contributed by atoms with Crippen molar-refractivity contribution in [2.75, 3.05) is 7.11 Å². The Balaban J connectivity index is 1.95. The topological polar surface area (TPSA) is 83.7 Å². The molecule has 2 heterocycles. The highest BCUT2D eigenvalue weighted by atomic mass is 79.9. The second-order valence-electron chi connectivity index (χ2n) is 4.58. The standard InChI is InChI=1S/C14H13BrN4O2/c1-21-7-10-13(15)14(20)19-12(18-10)6-11-16-8-4-2-3-5-9(8)17-11/h2-5H,6-7H2,1H3,(H,16,17)(H,18,19,20). The summed E-state index contributed by atoms with van der Waals surface area (Å²) in [7, 11) is 1.56. The van der Waals surface area contributed by atoms with Crippen LogP contribution >= 0.6 is 15.9 Å². The van der Waals surface area contributed by atoms with Crippen LogP contribution in [0.3, 0.4) is 0 Å². The Hall–Kier alpha value is -1.99. The SMILES string of the molecule is COCc1nc(Cc2nc3ccccc3[nH]2)[nH]c(=O)c1Br. The van der Waals surface area contributed by atoms with Gasteiger partial charge < -0.3 is 14.7 Å². The monoisotopic (exact) mass is 348 g/mol. The molecule has 0 bridgehead atoms. The van der Waals surface area contributed by atoms with Gasteiger partial charge in [-0.15, -0.1) is 0 Å². The van der Waals surface area contributed by atoms with Gasteiger partial charge in [-0.1, -0.05) is 12.1 Å². The van der Waals surface area contributed by atoms with Crippen LogP contribution in [0.1, 0.15) is 17.3 Å². The first kappa shape index (κ1) is 14.0. The molecule has 0 aliphatic rings. The van der Waals surface area contributed by atoms with Gasteiger partial charge in [0.2, 0.25) is 0 Å². The van der Waals surface area contributed by atoms with E-state index in [1.807, 2.05) is 24.3 Å². The van der Waals surface area contributed by atoms with Crippen molar-refractivity contribution in [2.45, 2.75) is 13.0 Å². The normalized spacial score (nSPS) is 11.1. The van der Waals surface area contributed by atoms with Crippen molar-refractivity contribution >= 4 is 27.0 Å². The summed E-state index contributed by atoms with van der Waals surface area (Å²) in [6.07, 6.45) is 0.425. The van der Waals surface area contributed by atoms with Crippen molar-refractivity contribution in [2.24, 2.45) is 0 Å². The molecule has 0 unspecified atom stereocenters. The molecule has 0 fully saturated rings. The minimum absolute atomic E-state index is 0.219. The number of para-hydroxylation sites is 2. The molecule has 2 aromatic heterocycles. The highest BCUT2D eigenvalue weighted by Crippen LogP contribution is 2.14. The molecule has 0 radical (unpaired) electrons. The fraction of sp³-hybridized carbons (Fsp3) is 0.214. The van der Waals surface area contributed by atoms with Crippen molar-refractivity contribution in [3.63, 3.8) is 0 Å². The van der Waals surface area contributed by atoms with Crippen LogP contribution in [0.15, 0.2) is 33.5 Å². The summed E-state index contributed by atoms with van der Waals surface area (Å²) < 4.78 is 5.45. The first-order chi connectivity index (χ1) is 10.2. The predicted octanol–water partition coefficient (Wildman–Crippen LogP) is 2.15. The minimum atomic E-state index is -0.219. The molecule has 0 saturated heterocycles. The molecule has 7 heteroatoms. The molecule has 108 valence electrons. The Labute approximate surface area is 128 Å². The number of rotatable bonds is 4. The number of imidazole rings is 1. The van der Waals surface area contributed by atoms with E-state index in [9.17, 15) is 4.79 Å². The van der Waals surface area contributed by atoms with Crippen LogP contribution < -0.4 is 5.56 Å². The number of ether oxygens (including phenoxy) is 1. The number of benzene rings is 1. The van der Waals surface area contributed by atoms with E-state index in [4.69, 9.17) is 4.74 Å². The summed E-state index contributed by atoms with van der Waals surface area (Å²) in [4.78, 5) is 26.7. The Morgan fingerprint density at radius 3 is 2.71 bits per heavy atom. The zero-order valence-electron chi connectivity index (χ0n) is 11.3. The van der Waals surface area contributed by atoms with Gasteiger partial charge in [0.15, 0.2) is 0 Å². The molecule has 0 aliphatic heterocycles. The van der Waals surface area contributed by atoms with E-state index >= 15 is 0 Å². The van der Waals surface area contributed by atoms with Gasteiger partial charge in [-0.05, 0) is 28.1 Å². The third-order valence-corrected chi connectivity index (χ3v) is 3.85. The second kappa shape index (κ2) is 5.79. The highest BCUT2D eigenvalue weighted by Gasteiger charge is 2.11. The number of aromatic amines is 2. The maximum atomic E-state index is 11.9. The van der Waals surface area contributed by atoms with Crippen LogP contribution in [0, 0.1) is 0 Å². The van der Waals surface area contributed by atoms with Gasteiger partial charge in [-0.3, -0.25) is 4.79 Å². The Morgan fingerprint density at radius 1 is 1.19 bits per heavy atom. The lowest BCUT2D eigenvalue weighted by Crippen LogP contribution is -2.16. The number of aromatic nitrogens is 4. The van der Waals surface area contributed by atoms with Crippen LogP contribution in [0.5, 0.6) is 0 Å². The molecular formula is C14H13BrN4O2. The largest absolute Gasteiger partial charge is 0.378 e. The maximum absolute atomic E-state index is 11.9. The van der Waals surface area contributed by atoms with E-state index in [0.717, 1.165) is 16.9 Å².